The first-order valence-electron chi connectivity index (χ1n) is 8.51. The Balaban J connectivity index is 2.18. The van der Waals surface area contributed by atoms with E-state index in [-0.39, 0.29) is 18.4 Å². The van der Waals surface area contributed by atoms with Crippen LogP contribution in [0.15, 0.2) is 42.5 Å². The Labute approximate surface area is 163 Å². The maximum absolute atomic E-state index is 12.5. The topological polar surface area (TPSA) is 97.0 Å². The summed E-state index contributed by atoms with van der Waals surface area (Å²) in [6.07, 6.45) is 0. The second kappa shape index (κ2) is 9.40. The first kappa shape index (κ1) is 20.8. The molecule has 0 atom stereocenters. The molecule has 0 unspecified atom stereocenters. The van der Waals surface area contributed by atoms with Gasteiger partial charge in [0.2, 0.25) is 17.7 Å². The second-order valence-corrected chi connectivity index (χ2v) is 5.95. The lowest BCUT2D eigenvalue weighted by molar-refractivity contribution is -0.120. The number of hydrogen-bond acceptors (Lipinski definition) is 5. The summed E-state index contributed by atoms with van der Waals surface area (Å²) in [5.74, 6) is 0.0647. The zero-order valence-electron chi connectivity index (χ0n) is 16.2. The largest absolute Gasteiger partial charge is 0.497 e. The van der Waals surface area contributed by atoms with Crippen molar-refractivity contribution < 1.29 is 23.9 Å². The van der Waals surface area contributed by atoms with Crippen LogP contribution in [0, 0.1) is 0 Å². The number of anilines is 3. The summed E-state index contributed by atoms with van der Waals surface area (Å²) in [5.41, 5.74) is 1.52. The summed E-state index contributed by atoms with van der Waals surface area (Å²) in [6, 6.07) is 11.7. The van der Waals surface area contributed by atoms with Gasteiger partial charge in [-0.1, -0.05) is 6.07 Å². The van der Waals surface area contributed by atoms with E-state index in [2.05, 4.69) is 10.6 Å². The summed E-state index contributed by atoms with van der Waals surface area (Å²) in [4.78, 5) is 37.1. The van der Waals surface area contributed by atoms with Gasteiger partial charge in [-0.2, -0.15) is 0 Å². The average molecular weight is 385 g/mol. The standard InChI is InChI=1S/C20H23N3O5/c1-13(24)21-15-6-5-7-16(10-15)22-20(26)12-23(14(2)25)18-9-8-17(27-3)11-19(18)28-4/h5-11H,12H2,1-4H3,(H,21,24)(H,22,26). The minimum Gasteiger partial charge on any atom is -0.497 e. The van der Waals surface area contributed by atoms with Crippen LogP contribution in [0.25, 0.3) is 0 Å². The van der Waals surface area contributed by atoms with E-state index in [0.717, 1.165) is 0 Å². The summed E-state index contributed by atoms with van der Waals surface area (Å²) in [7, 11) is 3.00. The van der Waals surface area contributed by atoms with Gasteiger partial charge in [0.05, 0.1) is 19.9 Å². The summed E-state index contributed by atoms with van der Waals surface area (Å²) in [6.45, 7) is 2.56. The molecule has 0 spiro atoms. The smallest absolute Gasteiger partial charge is 0.244 e. The number of amides is 3. The van der Waals surface area contributed by atoms with Gasteiger partial charge in [0.1, 0.15) is 18.0 Å². The molecule has 0 aliphatic rings. The molecule has 0 aliphatic carbocycles. The molecule has 3 amide bonds. The Morgan fingerprint density at radius 2 is 1.61 bits per heavy atom. The minimum absolute atomic E-state index is 0.206. The predicted octanol–water partition coefficient (Wildman–Crippen LogP) is 2.65. The van der Waals surface area contributed by atoms with E-state index < -0.39 is 5.91 Å². The molecule has 0 saturated carbocycles. The number of carbonyl (C=O) groups is 3. The van der Waals surface area contributed by atoms with Crippen LogP contribution in [0.5, 0.6) is 11.5 Å². The molecular weight excluding hydrogens is 362 g/mol. The van der Waals surface area contributed by atoms with Gasteiger partial charge in [-0.3, -0.25) is 19.3 Å². The van der Waals surface area contributed by atoms with Crippen molar-refractivity contribution in [1.29, 1.82) is 0 Å². The van der Waals surface area contributed by atoms with Gasteiger partial charge >= 0.3 is 0 Å². The number of nitrogens with zero attached hydrogens (tertiary/aromatic N) is 1. The van der Waals surface area contributed by atoms with E-state index in [1.54, 1.807) is 42.5 Å². The van der Waals surface area contributed by atoms with E-state index in [1.165, 1.54) is 33.0 Å². The van der Waals surface area contributed by atoms with E-state index in [9.17, 15) is 14.4 Å². The highest BCUT2D eigenvalue weighted by Crippen LogP contribution is 2.32. The van der Waals surface area contributed by atoms with Crippen LogP contribution in [0.3, 0.4) is 0 Å². The van der Waals surface area contributed by atoms with Crippen molar-refractivity contribution in [1.82, 2.24) is 0 Å². The Hall–Kier alpha value is -3.55. The summed E-state index contributed by atoms with van der Waals surface area (Å²) < 4.78 is 10.5. The summed E-state index contributed by atoms with van der Waals surface area (Å²) in [5, 5.41) is 5.37. The molecule has 0 heterocycles. The number of nitrogens with one attached hydrogen (secondary N) is 2. The highest BCUT2D eigenvalue weighted by atomic mass is 16.5. The van der Waals surface area contributed by atoms with Gasteiger partial charge < -0.3 is 20.1 Å². The third-order valence-electron chi connectivity index (χ3n) is 3.83. The molecule has 2 aromatic carbocycles. The van der Waals surface area contributed by atoms with Gasteiger partial charge in [0, 0.05) is 31.3 Å². The van der Waals surface area contributed by atoms with Crippen LogP contribution < -0.4 is 25.0 Å². The maximum Gasteiger partial charge on any atom is 0.244 e. The molecule has 148 valence electrons. The predicted molar refractivity (Wildman–Crippen MR) is 107 cm³/mol. The molecule has 0 bridgehead atoms. The minimum atomic E-state index is -0.395. The van der Waals surface area contributed by atoms with Crippen LogP contribution in [-0.2, 0) is 14.4 Å². The highest BCUT2D eigenvalue weighted by molar-refractivity contribution is 6.03. The van der Waals surface area contributed by atoms with Crippen LogP contribution in [-0.4, -0.2) is 38.5 Å². The van der Waals surface area contributed by atoms with Crippen LogP contribution in [0.2, 0.25) is 0 Å². The third kappa shape index (κ3) is 5.47. The molecule has 8 heteroatoms. The number of methoxy groups -OCH3 is 2. The first-order valence-corrected chi connectivity index (χ1v) is 8.51. The zero-order valence-corrected chi connectivity index (χ0v) is 16.2. The number of carbonyl (C=O) groups excluding carboxylic acids is 3. The van der Waals surface area contributed by atoms with E-state index in [1.807, 2.05) is 0 Å². The molecule has 0 aliphatic heterocycles. The van der Waals surface area contributed by atoms with Gasteiger partial charge in [-0.05, 0) is 30.3 Å². The normalized spacial score (nSPS) is 10.0. The monoisotopic (exact) mass is 385 g/mol. The fraction of sp³-hybridized carbons (Fsp3) is 0.250. The van der Waals surface area contributed by atoms with E-state index >= 15 is 0 Å². The van der Waals surface area contributed by atoms with E-state index in [0.29, 0.717) is 28.6 Å². The van der Waals surface area contributed by atoms with Crippen LogP contribution >= 0.6 is 0 Å². The Morgan fingerprint density at radius 1 is 0.929 bits per heavy atom. The SMILES string of the molecule is COc1ccc(N(CC(=O)Nc2cccc(NC(C)=O)c2)C(C)=O)c(OC)c1. The molecule has 0 saturated heterocycles. The summed E-state index contributed by atoms with van der Waals surface area (Å²) >= 11 is 0. The number of benzene rings is 2. The Kier molecular flexibility index (Phi) is 6.97. The van der Waals surface area contributed by atoms with Crippen molar-refractivity contribution in [3.63, 3.8) is 0 Å². The van der Waals surface area contributed by atoms with Crippen molar-refractivity contribution in [2.45, 2.75) is 13.8 Å². The fourth-order valence-electron chi connectivity index (χ4n) is 2.60. The fourth-order valence-corrected chi connectivity index (χ4v) is 2.60. The molecule has 0 fully saturated rings. The van der Waals surface area contributed by atoms with Crippen LogP contribution in [0.4, 0.5) is 17.1 Å². The first-order chi connectivity index (χ1) is 13.3. The highest BCUT2D eigenvalue weighted by Gasteiger charge is 2.20. The van der Waals surface area contributed by atoms with Crippen molar-refractivity contribution in [2.24, 2.45) is 0 Å². The van der Waals surface area contributed by atoms with E-state index in [4.69, 9.17) is 9.47 Å². The Morgan fingerprint density at radius 3 is 2.18 bits per heavy atom. The second-order valence-electron chi connectivity index (χ2n) is 5.95. The molecule has 8 nitrogen and oxygen atoms in total. The number of ether oxygens (including phenoxy) is 2. The van der Waals surface area contributed by atoms with Crippen molar-refractivity contribution in [3.05, 3.63) is 42.5 Å². The molecule has 2 rings (SSSR count). The lowest BCUT2D eigenvalue weighted by Crippen LogP contribution is -2.36. The Bertz CT molecular complexity index is 882. The molecule has 0 aromatic heterocycles. The lowest BCUT2D eigenvalue weighted by Gasteiger charge is -2.23. The zero-order chi connectivity index (χ0) is 20.7. The van der Waals surface area contributed by atoms with Crippen LogP contribution in [0.1, 0.15) is 13.8 Å². The molecule has 2 aromatic rings. The van der Waals surface area contributed by atoms with Gasteiger partial charge in [0.15, 0.2) is 0 Å². The van der Waals surface area contributed by atoms with Gasteiger partial charge in [-0.25, -0.2) is 0 Å². The molecule has 2 N–H and O–H groups in total. The average Bonchev–Trinajstić information content (AvgIpc) is 2.65. The molecule has 28 heavy (non-hydrogen) atoms. The number of hydrogen-bond donors (Lipinski definition) is 2. The number of rotatable bonds is 7. The van der Waals surface area contributed by atoms with Gasteiger partial charge in [-0.15, -0.1) is 0 Å². The quantitative estimate of drug-likeness (QED) is 0.764. The van der Waals surface area contributed by atoms with Crippen molar-refractivity contribution >= 4 is 34.8 Å². The molecule has 0 radical (unpaired) electrons. The lowest BCUT2D eigenvalue weighted by atomic mass is 10.2. The van der Waals surface area contributed by atoms with Crippen molar-refractivity contribution in [2.75, 3.05) is 36.3 Å². The van der Waals surface area contributed by atoms with Gasteiger partial charge in [0.25, 0.3) is 0 Å². The third-order valence-corrected chi connectivity index (χ3v) is 3.83. The molecular formula is C20H23N3O5. The maximum atomic E-state index is 12.5. The van der Waals surface area contributed by atoms with Crippen molar-refractivity contribution in [3.8, 4) is 11.5 Å².